The van der Waals surface area contributed by atoms with Crippen LogP contribution in [0, 0.1) is 0 Å². The lowest BCUT2D eigenvalue weighted by Gasteiger charge is -2.07. The maximum absolute atomic E-state index is 5.97. The van der Waals surface area contributed by atoms with E-state index in [1.165, 1.54) is 18.1 Å². The molecule has 0 atom stereocenters. The van der Waals surface area contributed by atoms with Crippen LogP contribution in [0.1, 0.15) is 19.8 Å². The van der Waals surface area contributed by atoms with Gasteiger partial charge in [0.25, 0.3) is 0 Å². The van der Waals surface area contributed by atoms with Crippen molar-refractivity contribution in [2.75, 3.05) is 5.73 Å². The summed E-state index contributed by atoms with van der Waals surface area (Å²) in [4.78, 5) is 17.7. The van der Waals surface area contributed by atoms with Gasteiger partial charge >= 0.3 is 0 Å². The van der Waals surface area contributed by atoms with Crippen molar-refractivity contribution in [2.24, 2.45) is 0 Å². The number of nitrogen functional groups attached to an aromatic ring is 1. The van der Waals surface area contributed by atoms with Gasteiger partial charge in [0.05, 0.1) is 0 Å². The van der Waals surface area contributed by atoms with Crippen molar-refractivity contribution in [3.8, 4) is 0 Å². The standard InChI is InChI=1S/C14H14Cl2N6S/c1-2-3-4-22-13-11(12(17)18-7-19-13)21-14(22)23-8-5-9(15)20-10(16)6-8/h5-7H,2-4H2,1H3,(H2,17,18,19). The van der Waals surface area contributed by atoms with Gasteiger partial charge in [-0.05, 0) is 18.6 Å². The van der Waals surface area contributed by atoms with Crippen LogP contribution in [0.5, 0.6) is 0 Å². The molecule has 0 saturated carbocycles. The molecular formula is C14H14Cl2N6S. The first-order chi connectivity index (χ1) is 11.1. The summed E-state index contributed by atoms with van der Waals surface area (Å²) < 4.78 is 2.05. The molecule has 0 aromatic carbocycles. The summed E-state index contributed by atoms with van der Waals surface area (Å²) in [5, 5.41) is 1.46. The van der Waals surface area contributed by atoms with E-state index in [9.17, 15) is 0 Å². The maximum Gasteiger partial charge on any atom is 0.175 e. The second-order valence-corrected chi connectivity index (χ2v) is 6.70. The van der Waals surface area contributed by atoms with Gasteiger partial charge in [-0.1, -0.05) is 48.3 Å². The Hall–Kier alpha value is -1.57. The van der Waals surface area contributed by atoms with Crippen LogP contribution < -0.4 is 5.73 Å². The number of anilines is 1. The van der Waals surface area contributed by atoms with E-state index in [0.29, 0.717) is 21.6 Å². The smallest absolute Gasteiger partial charge is 0.175 e. The molecule has 0 fully saturated rings. The number of rotatable bonds is 5. The molecule has 0 amide bonds. The normalized spacial score (nSPS) is 11.3. The van der Waals surface area contributed by atoms with Crippen LogP contribution in [0.4, 0.5) is 5.82 Å². The fourth-order valence-electron chi connectivity index (χ4n) is 2.14. The van der Waals surface area contributed by atoms with Crippen molar-refractivity contribution in [2.45, 2.75) is 36.4 Å². The molecule has 6 nitrogen and oxygen atoms in total. The zero-order valence-electron chi connectivity index (χ0n) is 12.3. The second-order valence-electron chi connectivity index (χ2n) is 4.88. The predicted octanol–water partition coefficient (Wildman–Crippen LogP) is 4.06. The van der Waals surface area contributed by atoms with Gasteiger partial charge in [0.1, 0.15) is 16.6 Å². The third-order valence-corrected chi connectivity index (χ3v) is 4.56. The summed E-state index contributed by atoms with van der Waals surface area (Å²) in [6.45, 7) is 2.94. The average molecular weight is 369 g/mol. The van der Waals surface area contributed by atoms with Crippen molar-refractivity contribution in [1.29, 1.82) is 0 Å². The lowest BCUT2D eigenvalue weighted by Crippen LogP contribution is -2.01. The molecule has 0 unspecified atom stereocenters. The molecule has 0 saturated heterocycles. The van der Waals surface area contributed by atoms with E-state index in [1.54, 1.807) is 12.1 Å². The first-order valence-electron chi connectivity index (χ1n) is 7.06. The number of imidazole rings is 1. The summed E-state index contributed by atoms with van der Waals surface area (Å²) in [6.07, 6.45) is 3.54. The van der Waals surface area contributed by atoms with Crippen LogP contribution in [-0.4, -0.2) is 24.5 Å². The lowest BCUT2D eigenvalue weighted by molar-refractivity contribution is 0.598. The SMILES string of the molecule is CCCCn1c(Sc2cc(Cl)nc(Cl)c2)nc2c(N)ncnc21. The van der Waals surface area contributed by atoms with Crippen LogP contribution >= 0.6 is 35.0 Å². The molecule has 0 aliphatic carbocycles. The Labute approximate surface area is 147 Å². The number of unbranched alkanes of at least 4 members (excludes halogenated alkanes) is 1. The van der Waals surface area contributed by atoms with Crippen molar-refractivity contribution in [1.82, 2.24) is 24.5 Å². The van der Waals surface area contributed by atoms with Gasteiger partial charge in [0, 0.05) is 11.4 Å². The molecule has 3 rings (SSSR count). The minimum atomic E-state index is 0.343. The first kappa shape index (κ1) is 16.3. The third kappa shape index (κ3) is 3.52. The van der Waals surface area contributed by atoms with Gasteiger partial charge in [-0.25, -0.2) is 19.9 Å². The highest BCUT2D eigenvalue weighted by Gasteiger charge is 2.16. The Bertz CT molecular complexity index is 830. The van der Waals surface area contributed by atoms with Gasteiger partial charge in [-0.3, -0.25) is 0 Å². The molecule has 2 N–H and O–H groups in total. The van der Waals surface area contributed by atoms with Crippen LogP contribution in [0.3, 0.4) is 0 Å². The van der Waals surface area contributed by atoms with Gasteiger partial charge in [-0.15, -0.1) is 0 Å². The topological polar surface area (TPSA) is 82.5 Å². The second kappa shape index (κ2) is 6.90. The van der Waals surface area contributed by atoms with E-state index in [0.717, 1.165) is 35.1 Å². The highest BCUT2D eigenvalue weighted by Crippen LogP contribution is 2.33. The highest BCUT2D eigenvalue weighted by atomic mass is 35.5. The van der Waals surface area contributed by atoms with Crippen LogP contribution in [-0.2, 0) is 6.54 Å². The molecule has 0 bridgehead atoms. The van der Waals surface area contributed by atoms with Crippen LogP contribution in [0.15, 0.2) is 28.5 Å². The van der Waals surface area contributed by atoms with Crippen molar-refractivity contribution in [3.05, 3.63) is 28.8 Å². The van der Waals surface area contributed by atoms with Crippen LogP contribution in [0.2, 0.25) is 10.3 Å². The molecule has 0 aliphatic heterocycles. The average Bonchev–Trinajstić information content (AvgIpc) is 2.83. The quantitative estimate of drug-likeness (QED) is 0.683. The minimum Gasteiger partial charge on any atom is -0.382 e. The molecule has 0 spiro atoms. The third-order valence-electron chi connectivity index (χ3n) is 3.21. The Morgan fingerprint density at radius 1 is 1.17 bits per heavy atom. The molecule has 3 aromatic rings. The van der Waals surface area contributed by atoms with Gasteiger partial charge in [0.15, 0.2) is 22.1 Å². The van der Waals surface area contributed by atoms with E-state index in [4.69, 9.17) is 28.9 Å². The summed E-state index contributed by atoms with van der Waals surface area (Å²) >= 11 is 13.4. The Morgan fingerprint density at radius 2 is 1.91 bits per heavy atom. The Morgan fingerprint density at radius 3 is 2.61 bits per heavy atom. The molecule has 0 radical (unpaired) electrons. The molecule has 3 aromatic heterocycles. The summed E-state index contributed by atoms with van der Waals surface area (Å²) in [6, 6.07) is 3.49. The number of hydrogen-bond donors (Lipinski definition) is 1. The fraction of sp³-hybridized carbons (Fsp3) is 0.286. The van der Waals surface area contributed by atoms with E-state index < -0.39 is 0 Å². The highest BCUT2D eigenvalue weighted by molar-refractivity contribution is 7.99. The number of aromatic nitrogens is 5. The van der Waals surface area contributed by atoms with E-state index in [-0.39, 0.29) is 0 Å². The monoisotopic (exact) mass is 368 g/mol. The lowest BCUT2D eigenvalue weighted by atomic mass is 10.3. The zero-order valence-corrected chi connectivity index (χ0v) is 14.7. The summed E-state index contributed by atoms with van der Waals surface area (Å²) in [5.74, 6) is 0.373. The van der Waals surface area contributed by atoms with Crippen molar-refractivity contribution >= 4 is 51.9 Å². The van der Waals surface area contributed by atoms with E-state index in [1.807, 2.05) is 4.57 Å². The molecule has 0 aliphatic rings. The van der Waals surface area contributed by atoms with Gasteiger partial charge in [0.2, 0.25) is 0 Å². The summed E-state index contributed by atoms with van der Waals surface area (Å²) in [5.41, 5.74) is 7.26. The molecule has 3 heterocycles. The Kier molecular flexibility index (Phi) is 4.89. The molecular weight excluding hydrogens is 355 g/mol. The molecule has 9 heteroatoms. The number of pyridine rings is 1. The first-order valence-corrected chi connectivity index (χ1v) is 8.63. The number of nitrogens with zero attached hydrogens (tertiary/aromatic N) is 5. The van der Waals surface area contributed by atoms with E-state index in [2.05, 4.69) is 26.9 Å². The largest absolute Gasteiger partial charge is 0.382 e. The maximum atomic E-state index is 5.97. The molecule has 120 valence electrons. The van der Waals surface area contributed by atoms with Gasteiger partial charge in [-0.2, -0.15) is 0 Å². The number of halogens is 2. The number of hydrogen-bond acceptors (Lipinski definition) is 6. The Balaban J connectivity index is 2.06. The zero-order chi connectivity index (χ0) is 16.4. The number of fused-ring (bicyclic) bond motifs is 1. The van der Waals surface area contributed by atoms with Crippen LogP contribution in [0.25, 0.3) is 11.2 Å². The predicted molar refractivity (Wildman–Crippen MR) is 93.0 cm³/mol. The van der Waals surface area contributed by atoms with Crippen molar-refractivity contribution in [3.63, 3.8) is 0 Å². The minimum absolute atomic E-state index is 0.343. The fourth-order valence-corrected chi connectivity index (χ4v) is 3.70. The number of nitrogens with two attached hydrogens (primary N) is 1. The number of aryl methyl sites for hydroxylation is 1. The van der Waals surface area contributed by atoms with Crippen molar-refractivity contribution < 1.29 is 0 Å². The summed E-state index contributed by atoms with van der Waals surface area (Å²) in [7, 11) is 0. The van der Waals surface area contributed by atoms with E-state index >= 15 is 0 Å². The van der Waals surface area contributed by atoms with Gasteiger partial charge < -0.3 is 10.3 Å². The molecule has 23 heavy (non-hydrogen) atoms.